The number of aromatic nitrogens is 1. The van der Waals surface area contributed by atoms with E-state index in [1.54, 1.807) is 23.1 Å². The van der Waals surface area contributed by atoms with Crippen LogP contribution in [0.5, 0.6) is 0 Å². The van der Waals surface area contributed by atoms with E-state index in [4.69, 9.17) is 0 Å². The molecule has 3 aromatic rings. The smallest absolute Gasteiger partial charge is 0.261 e. The van der Waals surface area contributed by atoms with Crippen LogP contribution in [0.3, 0.4) is 0 Å². The van der Waals surface area contributed by atoms with E-state index >= 15 is 0 Å². The molecule has 0 fully saturated rings. The molecule has 1 heterocycles. The number of aromatic amines is 1. The van der Waals surface area contributed by atoms with Gasteiger partial charge in [0.15, 0.2) is 0 Å². The second-order valence-electron chi connectivity index (χ2n) is 6.67. The van der Waals surface area contributed by atoms with Crippen LogP contribution in [0.1, 0.15) is 29.8 Å². The summed E-state index contributed by atoms with van der Waals surface area (Å²) in [6.45, 7) is 4.51. The van der Waals surface area contributed by atoms with Gasteiger partial charge in [0.2, 0.25) is 5.91 Å². The second kappa shape index (κ2) is 9.01. The number of nitrogens with one attached hydrogen (secondary N) is 2. The maximum absolute atomic E-state index is 12.6. The van der Waals surface area contributed by atoms with E-state index in [-0.39, 0.29) is 11.5 Å². The lowest BCUT2D eigenvalue weighted by Crippen LogP contribution is -2.27. The molecule has 0 aliphatic heterocycles. The number of hydrogen-bond donors (Lipinski definition) is 2. The number of pyridine rings is 1. The van der Waals surface area contributed by atoms with Crippen molar-refractivity contribution in [2.24, 2.45) is 0 Å². The van der Waals surface area contributed by atoms with Crippen LogP contribution >= 0.6 is 0 Å². The van der Waals surface area contributed by atoms with Crippen molar-refractivity contribution in [1.82, 2.24) is 9.88 Å². The van der Waals surface area contributed by atoms with Crippen molar-refractivity contribution < 1.29 is 9.59 Å². The first-order valence-corrected chi connectivity index (χ1v) is 9.42. The Balaban J connectivity index is 1.76. The molecule has 0 saturated carbocycles. The molecule has 0 aliphatic carbocycles. The Morgan fingerprint density at radius 1 is 1.00 bits per heavy atom. The van der Waals surface area contributed by atoms with Gasteiger partial charge in [-0.3, -0.25) is 14.4 Å². The van der Waals surface area contributed by atoms with Crippen LogP contribution in [0.25, 0.3) is 11.3 Å². The van der Waals surface area contributed by atoms with Crippen LogP contribution in [-0.2, 0) is 11.3 Å². The lowest BCUT2D eigenvalue weighted by atomic mass is 10.1. The molecule has 2 aromatic carbocycles. The predicted octanol–water partition coefficient (Wildman–Crippen LogP) is 3.66. The molecule has 3 rings (SSSR count). The molecule has 29 heavy (non-hydrogen) atoms. The SMILES string of the molecule is CCN(Cc1cccc(NC(=O)c2ccc(-c3ccccc3)[nH]c2=O)c1)C(C)=O. The molecular weight excluding hydrogens is 366 g/mol. The summed E-state index contributed by atoms with van der Waals surface area (Å²) >= 11 is 0. The zero-order chi connectivity index (χ0) is 20.8. The van der Waals surface area contributed by atoms with E-state index in [1.807, 2.05) is 49.4 Å². The van der Waals surface area contributed by atoms with Gasteiger partial charge in [0, 0.05) is 31.4 Å². The van der Waals surface area contributed by atoms with Crippen molar-refractivity contribution in [3.63, 3.8) is 0 Å². The third-order valence-corrected chi connectivity index (χ3v) is 4.62. The number of anilines is 1. The second-order valence-corrected chi connectivity index (χ2v) is 6.67. The standard InChI is InChI=1S/C23H23N3O3/c1-3-26(16(2)27)15-17-8-7-11-19(14-17)24-22(28)20-12-13-21(25-23(20)29)18-9-5-4-6-10-18/h4-14H,3,15H2,1-2H3,(H,24,28)(H,25,29). The highest BCUT2D eigenvalue weighted by molar-refractivity contribution is 6.04. The summed E-state index contributed by atoms with van der Waals surface area (Å²) in [6.07, 6.45) is 0. The number of rotatable bonds is 6. The van der Waals surface area contributed by atoms with Gasteiger partial charge < -0.3 is 15.2 Å². The molecule has 2 amide bonds. The summed E-state index contributed by atoms with van der Waals surface area (Å²) in [4.78, 5) is 41.1. The maximum atomic E-state index is 12.6. The van der Waals surface area contributed by atoms with E-state index < -0.39 is 11.5 Å². The van der Waals surface area contributed by atoms with Gasteiger partial charge in [-0.05, 0) is 42.3 Å². The molecular formula is C23H23N3O3. The Bertz CT molecular complexity index is 1070. The molecule has 0 aliphatic rings. The highest BCUT2D eigenvalue weighted by atomic mass is 16.2. The highest BCUT2D eigenvalue weighted by Crippen LogP contribution is 2.16. The monoisotopic (exact) mass is 389 g/mol. The number of nitrogens with zero attached hydrogens (tertiary/aromatic N) is 1. The molecule has 0 atom stereocenters. The topological polar surface area (TPSA) is 82.3 Å². The number of carbonyl (C=O) groups is 2. The fraction of sp³-hybridized carbons (Fsp3) is 0.174. The first kappa shape index (κ1) is 20.1. The Morgan fingerprint density at radius 2 is 1.76 bits per heavy atom. The van der Waals surface area contributed by atoms with E-state index in [2.05, 4.69) is 10.3 Å². The molecule has 0 radical (unpaired) electrons. The molecule has 1 aromatic heterocycles. The first-order chi connectivity index (χ1) is 14.0. The van der Waals surface area contributed by atoms with E-state index in [0.717, 1.165) is 11.1 Å². The Labute approximate surface area is 169 Å². The van der Waals surface area contributed by atoms with Gasteiger partial charge in [-0.2, -0.15) is 0 Å². The van der Waals surface area contributed by atoms with Crippen LogP contribution in [0.2, 0.25) is 0 Å². The van der Waals surface area contributed by atoms with Gasteiger partial charge in [0.1, 0.15) is 5.56 Å². The van der Waals surface area contributed by atoms with Crippen LogP contribution < -0.4 is 10.9 Å². The summed E-state index contributed by atoms with van der Waals surface area (Å²) in [5, 5.41) is 2.76. The zero-order valence-corrected chi connectivity index (χ0v) is 16.4. The third kappa shape index (κ3) is 4.99. The van der Waals surface area contributed by atoms with Crippen LogP contribution in [-0.4, -0.2) is 28.2 Å². The van der Waals surface area contributed by atoms with Crippen molar-refractivity contribution in [3.05, 3.63) is 88.2 Å². The van der Waals surface area contributed by atoms with E-state index in [1.165, 1.54) is 13.0 Å². The largest absolute Gasteiger partial charge is 0.339 e. The summed E-state index contributed by atoms with van der Waals surface area (Å²) in [5.41, 5.74) is 2.57. The van der Waals surface area contributed by atoms with Crippen molar-refractivity contribution in [2.75, 3.05) is 11.9 Å². The molecule has 148 valence electrons. The lowest BCUT2D eigenvalue weighted by molar-refractivity contribution is -0.129. The minimum absolute atomic E-state index is 0.00743. The fourth-order valence-corrected chi connectivity index (χ4v) is 3.05. The molecule has 0 unspecified atom stereocenters. The molecule has 0 spiro atoms. The Hall–Kier alpha value is -3.67. The molecule has 6 heteroatoms. The van der Waals surface area contributed by atoms with Gasteiger partial charge in [0.05, 0.1) is 0 Å². The van der Waals surface area contributed by atoms with Crippen LogP contribution in [0.15, 0.2) is 71.5 Å². The average Bonchev–Trinajstić information content (AvgIpc) is 2.72. The van der Waals surface area contributed by atoms with Gasteiger partial charge in [-0.25, -0.2) is 0 Å². The summed E-state index contributed by atoms with van der Waals surface area (Å²) in [6, 6.07) is 19.9. The van der Waals surface area contributed by atoms with E-state index in [9.17, 15) is 14.4 Å². The Kier molecular flexibility index (Phi) is 6.24. The third-order valence-electron chi connectivity index (χ3n) is 4.62. The number of benzene rings is 2. The van der Waals surface area contributed by atoms with Crippen molar-refractivity contribution in [1.29, 1.82) is 0 Å². The molecule has 0 saturated heterocycles. The molecule has 2 N–H and O–H groups in total. The molecule has 0 bridgehead atoms. The van der Waals surface area contributed by atoms with Crippen LogP contribution in [0.4, 0.5) is 5.69 Å². The zero-order valence-electron chi connectivity index (χ0n) is 16.4. The van der Waals surface area contributed by atoms with Crippen LogP contribution in [0, 0.1) is 0 Å². The lowest BCUT2D eigenvalue weighted by Gasteiger charge is -2.19. The number of amides is 2. The van der Waals surface area contributed by atoms with Gasteiger partial charge in [-0.1, -0.05) is 42.5 Å². The van der Waals surface area contributed by atoms with Crippen molar-refractivity contribution >= 4 is 17.5 Å². The normalized spacial score (nSPS) is 10.4. The quantitative estimate of drug-likeness (QED) is 0.675. The summed E-state index contributed by atoms with van der Waals surface area (Å²) in [5.74, 6) is -0.492. The highest BCUT2D eigenvalue weighted by Gasteiger charge is 2.13. The van der Waals surface area contributed by atoms with Gasteiger partial charge in [-0.15, -0.1) is 0 Å². The maximum Gasteiger partial charge on any atom is 0.261 e. The van der Waals surface area contributed by atoms with Gasteiger partial charge >= 0.3 is 0 Å². The van der Waals surface area contributed by atoms with Crippen molar-refractivity contribution in [2.45, 2.75) is 20.4 Å². The number of H-pyrrole nitrogens is 1. The first-order valence-electron chi connectivity index (χ1n) is 9.42. The summed E-state index contributed by atoms with van der Waals surface area (Å²) in [7, 11) is 0. The van der Waals surface area contributed by atoms with Crippen molar-refractivity contribution in [3.8, 4) is 11.3 Å². The fourth-order valence-electron chi connectivity index (χ4n) is 3.05. The summed E-state index contributed by atoms with van der Waals surface area (Å²) < 4.78 is 0. The molecule has 6 nitrogen and oxygen atoms in total. The minimum Gasteiger partial charge on any atom is -0.339 e. The average molecular weight is 389 g/mol. The number of carbonyl (C=O) groups excluding carboxylic acids is 2. The minimum atomic E-state index is -0.484. The number of hydrogen-bond acceptors (Lipinski definition) is 3. The predicted molar refractivity (Wildman–Crippen MR) is 114 cm³/mol. The van der Waals surface area contributed by atoms with Gasteiger partial charge in [0.25, 0.3) is 11.5 Å². The van der Waals surface area contributed by atoms with E-state index in [0.29, 0.717) is 24.5 Å². The Morgan fingerprint density at radius 3 is 2.41 bits per heavy atom.